The van der Waals surface area contributed by atoms with Crippen LogP contribution < -0.4 is 4.90 Å². The zero-order valence-electron chi connectivity index (χ0n) is 12.6. The molecule has 0 aliphatic carbocycles. The van der Waals surface area contributed by atoms with Gasteiger partial charge in [-0.1, -0.05) is 30.3 Å². The highest BCUT2D eigenvalue weighted by molar-refractivity contribution is 5.76. The Morgan fingerprint density at radius 3 is 2.45 bits per heavy atom. The van der Waals surface area contributed by atoms with Gasteiger partial charge in [-0.05, 0) is 24.1 Å². The Hall–Kier alpha value is -2.43. The first-order valence-electron chi connectivity index (χ1n) is 7.67. The fourth-order valence-electron chi connectivity index (χ4n) is 2.70. The summed E-state index contributed by atoms with van der Waals surface area (Å²) < 4.78 is 0. The van der Waals surface area contributed by atoms with E-state index in [-0.39, 0.29) is 5.91 Å². The van der Waals surface area contributed by atoms with Crippen LogP contribution in [0.1, 0.15) is 12.0 Å². The summed E-state index contributed by atoms with van der Waals surface area (Å²) in [5, 5.41) is 8.03. The van der Waals surface area contributed by atoms with Crippen LogP contribution in [-0.4, -0.2) is 47.2 Å². The summed E-state index contributed by atoms with van der Waals surface area (Å²) in [6.07, 6.45) is 3.06. The maximum Gasteiger partial charge on any atom is 0.223 e. The van der Waals surface area contributed by atoms with Gasteiger partial charge in [0.2, 0.25) is 5.91 Å². The van der Waals surface area contributed by atoms with Crippen LogP contribution in [0.5, 0.6) is 0 Å². The molecule has 5 nitrogen and oxygen atoms in total. The van der Waals surface area contributed by atoms with Gasteiger partial charge in [-0.25, -0.2) is 0 Å². The van der Waals surface area contributed by atoms with Crippen molar-refractivity contribution in [2.24, 2.45) is 0 Å². The Balaban J connectivity index is 1.48. The highest BCUT2D eigenvalue weighted by Gasteiger charge is 2.21. The van der Waals surface area contributed by atoms with Gasteiger partial charge in [0, 0.05) is 38.8 Å². The Bertz CT molecular complexity index is 595. The number of carbonyl (C=O) groups is 1. The smallest absolute Gasteiger partial charge is 0.223 e. The molecule has 0 saturated carbocycles. The molecule has 22 heavy (non-hydrogen) atoms. The van der Waals surface area contributed by atoms with E-state index in [1.807, 2.05) is 35.2 Å². The van der Waals surface area contributed by atoms with Crippen LogP contribution in [0.15, 0.2) is 48.7 Å². The first kappa shape index (κ1) is 14.5. The second-order valence-electron chi connectivity index (χ2n) is 5.44. The number of aryl methyl sites for hydroxylation is 1. The molecule has 1 fully saturated rings. The minimum Gasteiger partial charge on any atom is -0.352 e. The van der Waals surface area contributed by atoms with Crippen molar-refractivity contribution in [1.29, 1.82) is 0 Å². The number of rotatable bonds is 4. The normalized spacial score (nSPS) is 14.9. The van der Waals surface area contributed by atoms with Crippen molar-refractivity contribution in [2.45, 2.75) is 12.8 Å². The third kappa shape index (κ3) is 3.61. The Morgan fingerprint density at radius 1 is 1.00 bits per heavy atom. The van der Waals surface area contributed by atoms with E-state index in [9.17, 15) is 4.79 Å². The lowest BCUT2D eigenvalue weighted by Crippen LogP contribution is -2.49. The predicted molar refractivity (Wildman–Crippen MR) is 85.6 cm³/mol. The molecular formula is C17H20N4O. The van der Waals surface area contributed by atoms with E-state index in [0.717, 1.165) is 38.4 Å². The molecule has 0 atom stereocenters. The zero-order chi connectivity index (χ0) is 15.2. The number of amides is 1. The van der Waals surface area contributed by atoms with E-state index in [4.69, 9.17) is 0 Å². The number of hydrogen-bond acceptors (Lipinski definition) is 4. The molecule has 1 amide bonds. The van der Waals surface area contributed by atoms with Gasteiger partial charge < -0.3 is 9.80 Å². The average Bonchev–Trinajstić information content (AvgIpc) is 2.61. The number of piperazine rings is 1. The van der Waals surface area contributed by atoms with E-state index < -0.39 is 0 Å². The lowest BCUT2D eigenvalue weighted by Gasteiger charge is -2.35. The highest BCUT2D eigenvalue weighted by atomic mass is 16.2. The number of nitrogens with zero attached hydrogens (tertiary/aromatic N) is 4. The number of benzene rings is 1. The largest absolute Gasteiger partial charge is 0.352 e. The second-order valence-corrected chi connectivity index (χ2v) is 5.44. The topological polar surface area (TPSA) is 49.3 Å². The first-order chi connectivity index (χ1) is 10.8. The zero-order valence-corrected chi connectivity index (χ0v) is 12.6. The summed E-state index contributed by atoms with van der Waals surface area (Å²) in [4.78, 5) is 16.4. The maximum atomic E-state index is 12.3. The van der Waals surface area contributed by atoms with E-state index in [1.54, 1.807) is 6.20 Å². The molecule has 1 aliphatic rings. The van der Waals surface area contributed by atoms with Crippen LogP contribution in [0, 0.1) is 0 Å². The minimum atomic E-state index is 0.239. The third-order valence-corrected chi connectivity index (χ3v) is 3.98. The quantitative estimate of drug-likeness (QED) is 0.862. The molecule has 1 aromatic carbocycles. The fraction of sp³-hybridized carbons (Fsp3) is 0.353. The van der Waals surface area contributed by atoms with E-state index >= 15 is 0 Å². The average molecular weight is 296 g/mol. The van der Waals surface area contributed by atoms with Crippen molar-refractivity contribution in [1.82, 2.24) is 15.1 Å². The van der Waals surface area contributed by atoms with Crippen molar-refractivity contribution in [3.63, 3.8) is 0 Å². The SMILES string of the molecule is O=C(CCc1ccccc1)N1CCN(c2cccnn2)CC1. The van der Waals surface area contributed by atoms with Crippen molar-refractivity contribution in [2.75, 3.05) is 31.1 Å². The van der Waals surface area contributed by atoms with E-state index in [0.29, 0.717) is 6.42 Å². The van der Waals surface area contributed by atoms with Crippen LogP contribution in [0.2, 0.25) is 0 Å². The molecule has 5 heteroatoms. The molecule has 2 heterocycles. The van der Waals surface area contributed by atoms with E-state index in [1.165, 1.54) is 5.56 Å². The molecule has 0 radical (unpaired) electrons. The summed E-state index contributed by atoms with van der Waals surface area (Å²) in [5.41, 5.74) is 1.22. The third-order valence-electron chi connectivity index (χ3n) is 3.98. The summed E-state index contributed by atoms with van der Waals surface area (Å²) in [6.45, 7) is 3.14. The molecule has 1 saturated heterocycles. The van der Waals surface area contributed by atoms with E-state index in [2.05, 4.69) is 27.2 Å². The molecule has 0 N–H and O–H groups in total. The van der Waals surface area contributed by atoms with Gasteiger partial charge in [-0.3, -0.25) is 4.79 Å². The Labute approximate surface area is 130 Å². The minimum absolute atomic E-state index is 0.239. The van der Waals surface area contributed by atoms with Crippen molar-refractivity contribution in [3.05, 3.63) is 54.2 Å². The number of hydrogen-bond donors (Lipinski definition) is 0. The maximum absolute atomic E-state index is 12.3. The highest BCUT2D eigenvalue weighted by Crippen LogP contribution is 2.13. The van der Waals surface area contributed by atoms with Crippen LogP contribution in [0.3, 0.4) is 0 Å². The molecule has 114 valence electrons. The molecule has 1 aromatic heterocycles. The van der Waals surface area contributed by atoms with Gasteiger partial charge in [0.25, 0.3) is 0 Å². The number of anilines is 1. The van der Waals surface area contributed by atoms with Gasteiger partial charge >= 0.3 is 0 Å². The summed E-state index contributed by atoms with van der Waals surface area (Å²) >= 11 is 0. The summed E-state index contributed by atoms with van der Waals surface area (Å²) in [6, 6.07) is 14.0. The molecule has 0 spiro atoms. The fourth-order valence-corrected chi connectivity index (χ4v) is 2.70. The monoisotopic (exact) mass is 296 g/mol. The Morgan fingerprint density at radius 2 is 1.77 bits per heavy atom. The van der Waals surface area contributed by atoms with Crippen molar-refractivity contribution >= 4 is 11.7 Å². The standard InChI is InChI=1S/C17H20N4O/c22-17(9-8-15-5-2-1-3-6-15)21-13-11-20(12-14-21)16-7-4-10-18-19-16/h1-7,10H,8-9,11-14H2. The van der Waals surface area contributed by atoms with Crippen molar-refractivity contribution < 1.29 is 4.79 Å². The number of carbonyl (C=O) groups excluding carboxylic acids is 1. The molecule has 2 aromatic rings. The van der Waals surface area contributed by atoms with Crippen LogP contribution in [0.4, 0.5) is 5.82 Å². The van der Waals surface area contributed by atoms with Gasteiger partial charge in [-0.15, -0.1) is 5.10 Å². The summed E-state index contributed by atoms with van der Waals surface area (Å²) in [5.74, 6) is 1.13. The van der Waals surface area contributed by atoms with Crippen molar-refractivity contribution in [3.8, 4) is 0 Å². The van der Waals surface area contributed by atoms with Crippen LogP contribution >= 0.6 is 0 Å². The number of aromatic nitrogens is 2. The van der Waals surface area contributed by atoms with Crippen LogP contribution in [-0.2, 0) is 11.2 Å². The Kier molecular flexibility index (Phi) is 4.63. The lowest BCUT2D eigenvalue weighted by atomic mass is 10.1. The van der Waals surface area contributed by atoms with Gasteiger partial charge in [0.05, 0.1) is 0 Å². The second kappa shape index (κ2) is 7.02. The lowest BCUT2D eigenvalue weighted by molar-refractivity contribution is -0.131. The van der Waals surface area contributed by atoms with Gasteiger partial charge in [-0.2, -0.15) is 5.10 Å². The molecule has 0 unspecified atom stereocenters. The first-order valence-corrected chi connectivity index (χ1v) is 7.67. The van der Waals surface area contributed by atoms with Gasteiger partial charge in [0.15, 0.2) is 5.82 Å². The molecule has 1 aliphatic heterocycles. The van der Waals surface area contributed by atoms with Crippen LogP contribution in [0.25, 0.3) is 0 Å². The summed E-state index contributed by atoms with van der Waals surface area (Å²) in [7, 11) is 0. The molecule has 0 bridgehead atoms. The predicted octanol–water partition coefficient (Wildman–Crippen LogP) is 1.76. The van der Waals surface area contributed by atoms with Gasteiger partial charge in [0.1, 0.15) is 0 Å². The molecule has 3 rings (SSSR count). The molecular weight excluding hydrogens is 276 g/mol.